The molecule has 0 amide bonds. The van der Waals surface area contributed by atoms with Crippen molar-refractivity contribution >= 4 is 9.84 Å². The smallest absolute Gasteiger partial charge is 0.223 e. The van der Waals surface area contributed by atoms with Gasteiger partial charge in [0.05, 0.1) is 10.6 Å². The molecule has 2 aromatic carbocycles. The highest BCUT2D eigenvalue weighted by molar-refractivity contribution is 7.90. The second kappa shape index (κ2) is 6.34. The van der Waals surface area contributed by atoms with Crippen molar-refractivity contribution in [3.63, 3.8) is 0 Å². The van der Waals surface area contributed by atoms with E-state index in [1.165, 1.54) is 0 Å². The lowest BCUT2D eigenvalue weighted by Crippen LogP contribution is -2.04. The predicted molar refractivity (Wildman–Crippen MR) is 85.6 cm³/mol. The van der Waals surface area contributed by atoms with Crippen molar-refractivity contribution in [1.82, 2.24) is 10.1 Å². The summed E-state index contributed by atoms with van der Waals surface area (Å²) in [5.41, 5.74) is 1.76. The maximum Gasteiger partial charge on any atom is 0.223 e. The highest BCUT2D eigenvalue weighted by atomic mass is 32.2. The molecule has 6 heteroatoms. The Kier molecular flexibility index (Phi) is 4.25. The molecule has 0 aliphatic heterocycles. The van der Waals surface area contributed by atoms with E-state index in [1.807, 2.05) is 24.3 Å². The normalized spacial score (nSPS) is 11.5. The maximum absolute atomic E-state index is 12.3. The van der Waals surface area contributed by atoms with Gasteiger partial charge in [-0.1, -0.05) is 47.6 Å². The summed E-state index contributed by atoms with van der Waals surface area (Å²) < 4.78 is 29.6. The summed E-state index contributed by atoms with van der Waals surface area (Å²) in [6.45, 7) is 1.74. The molecule has 0 atom stereocenters. The van der Waals surface area contributed by atoms with E-state index in [1.54, 1.807) is 37.3 Å². The zero-order valence-corrected chi connectivity index (χ0v) is 13.5. The average Bonchev–Trinajstić information content (AvgIpc) is 2.95. The second-order valence-electron chi connectivity index (χ2n) is 5.30. The van der Waals surface area contributed by atoms with E-state index in [9.17, 15) is 8.42 Å². The molecule has 0 saturated carbocycles. The Bertz CT molecular complexity index is 885. The molecule has 0 unspecified atom stereocenters. The van der Waals surface area contributed by atoms with Gasteiger partial charge in [-0.05, 0) is 23.3 Å². The monoisotopic (exact) mass is 328 g/mol. The third-order valence-corrected chi connectivity index (χ3v) is 5.12. The summed E-state index contributed by atoms with van der Waals surface area (Å²) in [5, 5.41) is 3.85. The van der Waals surface area contributed by atoms with Gasteiger partial charge in [-0.25, -0.2) is 8.42 Å². The molecule has 0 fully saturated rings. The molecular formula is C17H16N2O3S. The van der Waals surface area contributed by atoms with E-state index in [2.05, 4.69) is 10.1 Å². The molecule has 0 saturated heterocycles. The number of aromatic nitrogens is 2. The largest absolute Gasteiger partial charge is 0.340 e. The summed E-state index contributed by atoms with van der Waals surface area (Å²) >= 11 is 0. The first kappa shape index (κ1) is 15.4. The molecule has 0 bridgehead atoms. The second-order valence-corrected chi connectivity index (χ2v) is 7.28. The summed E-state index contributed by atoms with van der Waals surface area (Å²) in [4.78, 5) is 4.49. The van der Waals surface area contributed by atoms with Gasteiger partial charge in [0.2, 0.25) is 5.89 Å². The highest BCUT2D eigenvalue weighted by Gasteiger charge is 2.14. The summed E-state index contributed by atoms with van der Waals surface area (Å²) in [6.07, 6.45) is 0.559. The van der Waals surface area contributed by atoms with E-state index < -0.39 is 9.84 Å². The molecule has 0 N–H and O–H groups in total. The van der Waals surface area contributed by atoms with Gasteiger partial charge in [-0.3, -0.25) is 0 Å². The van der Waals surface area contributed by atoms with Crippen molar-refractivity contribution in [3.05, 3.63) is 77.4 Å². The third kappa shape index (κ3) is 3.84. The summed E-state index contributed by atoms with van der Waals surface area (Å²) in [7, 11) is -3.32. The van der Waals surface area contributed by atoms with Crippen LogP contribution in [0.3, 0.4) is 0 Å². The molecule has 0 spiro atoms. The molecule has 118 valence electrons. The van der Waals surface area contributed by atoms with Gasteiger partial charge in [-0.2, -0.15) is 4.98 Å². The van der Waals surface area contributed by atoms with Crippen LogP contribution in [-0.4, -0.2) is 18.6 Å². The molecule has 0 aliphatic rings. The molecule has 5 nitrogen and oxygen atoms in total. The SMILES string of the molecule is Cc1nc(Cc2ccc(CS(=O)(=O)c3ccccc3)cc2)no1. The first-order valence-electron chi connectivity index (χ1n) is 7.18. The van der Waals surface area contributed by atoms with E-state index in [0.29, 0.717) is 23.0 Å². The quantitative estimate of drug-likeness (QED) is 0.720. The van der Waals surface area contributed by atoms with Crippen LogP contribution in [0, 0.1) is 6.92 Å². The fourth-order valence-corrected chi connectivity index (χ4v) is 3.65. The molecule has 3 rings (SSSR count). The molecule has 3 aromatic rings. The molecule has 0 radical (unpaired) electrons. The molecule has 1 aromatic heterocycles. The minimum atomic E-state index is -3.32. The van der Waals surface area contributed by atoms with E-state index in [0.717, 1.165) is 11.1 Å². The molecule has 23 heavy (non-hydrogen) atoms. The van der Waals surface area contributed by atoms with Crippen LogP contribution in [0.2, 0.25) is 0 Å². The van der Waals surface area contributed by atoms with Crippen LogP contribution in [0.25, 0.3) is 0 Å². The van der Waals surface area contributed by atoms with Crippen molar-refractivity contribution in [2.24, 2.45) is 0 Å². The fraction of sp³-hybridized carbons (Fsp3) is 0.176. The molecule has 1 heterocycles. The Morgan fingerprint density at radius 3 is 2.22 bits per heavy atom. The average molecular weight is 328 g/mol. The highest BCUT2D eigenvalue weighted by Crippen LogP contribution is 2.17. The Morgan fingerprint density at radius 2 is 1.61 bits per heavy atom. The van der Waals surface area contributed by atoms with Crippen LogP contribution >= 0.6 is 0 Å². The Morgan fingerprint density at radius 1 is 0.957 bits per heavy atom. The van der Waals surface area contributed by atoms with Crippen LogP contribution < -0.4 is 0 Å². The van der Waals surface area contributed by atoms with E-state index in [4.69, 9.17) is 4.52 Å². The van der Waals surface area contributed by atoms with Crippen LogP contribution in [0.15, 0.2) is 64.0 Å². The van der Waals surface area contributed by atoms with E-state index in [-0.39, 0.29) is 5.75 Å². The standard InChI is InChI=1S/C17H16N2O3S/c1-13-18-17(19-22-13)11-14-7-9-15(10-8-14)12-23(20,21)16-5-3-2-4-6-16/h2-10H,11-12H2,1H3. The number of rotatable bonds is 5. The lowest BCUT2D eigenvalue weighted by molar-refractivity contribution is 0.388. The lowest BCUT2D eigenvalue weighted by Gasteiger charge is -2.05. The van der Waals surface area contributed by atoms with Crippen molar-refractivity contribution in [2.45, 2.75) is 24.0 Å². The number of sulfone groups is 1. The van der Waals surface area contributed by atoms with Crippen molar-refractivity contribution in [3.8, 4) is 0 Å². The first-order chi connectivity index (χ1) is 11.0. The van der Waals surface area contributed by atoms with Gasteiger partial charge < -0.3 is 4.52 Å². The Labute approximate surface area is 134 Å². The van der Waals surface area contributed by atoms with E-state index >= 15 is 0 Å². The zero-order valence-electron chi connectivity index (χ0n) is 12.6. The molecule has 0 aliphatic carbocycles. The first-order valence-corrected chi connectivity index (χ1v) is 8.83. The predicted octanol–water partition coefficient (Wildman–Crippen LogP) is 2.94. The third-order valence-electron chi connectivity index (χ3n) is 3.41. The minimum absolute atomic E-state index is 0.0153. The van der Waals surface area contributed by atoms with Gasteiger partial charge in [0.25, 0.3) is 0 Å². The van der Waals surface area contributed by atoms with Gasteiger partial charge in [-0.15, -0.1) is 0 Å². The van der Waals surface area contributed by atoms with Crippen LogP contribution in [0.5, 0.6) is 0 Å². The van der Waals surface area contributed by atoms with Gasteiger partial charge in [0, 0.05) is 13.3 Å². The maximum atomic E-state index is 12.3. The Hall–Kier alpha value is -2.47. The number of hydrogen-bond donors (Lipinski definition) is 0. The number of benzene rings is 2. The van der Waals surface area contributed by atoms with Crippen LogP contribution in [0.4, 0.5) is 0 Å². The van der Waals surface area contributed by atoms with Crippen LogP contribution in [-0.2, 0) is 22.0 Å². The van der Waals surface area contributed by atoms with Crippen molar-refractivity contribution < 1.29 is 12.9 Å². The van der Waals surface area contributed by atoms with Gasteiger partial charge in [0.15, 0.2) is 15.7 Å². The number of nitrogens with zero attached hydrogens (tertiary/aromatic N) is 2. The summed E-state index contributed by atoms with van der Waals surface area (Å²) in [5.74, 6) is 1.14. The number of hydrogen-bond acceptors (Lipinski definition) is 5. The van der Waals surface area contributed by atoms with Crippen molar-refractivity contribution in [1.29, 1.82) is 0 Å². The number of aryl methyl sites for hydroxylation is 1. The Balaban J connectivity index is 1.72. The van der Waals surface area contributed by atoms with Crippen molar-refractivity contribution in [2.75, 3.05) is 0 Å². The van der Waals surface area contributed by atoms with Gasteiger partial charge in [0.1, 0.15) is 0 Å². The lowest BCUT2D eigenvalue weighted by atomic mass is 10.1. The van der Waals surface area contributed by atoms with Crippen LogP contribution in [0.1, 0.15) is 22.8 Å². The van der Waals surface area contributed by atoms with Gasteiger partial charge >= 0.3 is 0 Å². The topological polar surface area (TPSA) is 73.1 Å². The zero-order chi connectivity index (χ0) is 16.3. The summed E-state index contributed by atoms with van der Waals surface area (Å²) in [6, 6.07) is 15.9. The molecular weight excluding hydrogens is 312 g/mol. The fourth-order valence-electron chi connectivity index (χ4n) is 2.28. The minimum Gasteiger partial charge on any atom is -0.340 e.